The topological polar surface area (TPSA) is 219 Å². The average Bonchev–Trinajstić information content (AvgIpc) is 4.06. The van der Waals surface area contributed by atoms with Crippen LogP contribution in [0, 0.1) is 12.3 Å². The molecule has 4 aliphatic rings. The minimum absolute atomic E-state index is 0.0359. The summed E-state index contributed by atoms with van der Waals surface area (Å²) in [5.41, 5.74) is 13.8. The highest BCUT2D eigenvalue weighted by molar-refractivity contribution is 7.13. The number of aryl methyl sites for hydroxylation is 1. The van der Waals surface area contributed by atoms with Crippen LogP contribution >= 0.6 is 11.3 Å². The van der Waals surface area contributed by atoms with Gasteiger partial charge >= 0.3 is 0 Å². The number of rotatable bonds is 16. The lowest BCUT2D eigenvalue weighted by Crippen LogP contribution is -2.57. The number of benzene rings is 2. The number of carbonyl (C=O) groups is 3. The number of phenols is 1. The number of para-hydroxylation sites is 1. The van der Waals surface area contributed by atoms with Crippen LogP contribution in [0.1, 0.15) is 101 Å². The van der Waals surface area contributed by atoms with Gasteiger partial charge in [0, 0.05) is 69.1 Å². The molecule has 7 heterocycles. The van der Waals surface area contributed by atoms with Crippen molar-refractivity contribution >= 4 is 46.5 Å². The van der Waals surface area contributed by atoms with E-state index in [-0.39, 0.29) is 55.1 Å². The zero-order valence-electron chi connectivity index (χ0n) is 41.3. The van der Waals surface area contributed by atoms with Gasteiger partial charge in [-0.15, -0.1) is 21.5 Å². The summed E-state index contributed by atoms with van der Waals surface area (Å²) in [5, 5.41) is 35.6. The first-order chi connectivity index (χ1) is 34.2. The molecule has 9 rings (SSSR count). The summed E-state index contributed by atoms with van der Waals surface area (Å²) in [5.74, 6) is 0.852. The fourth-order valence-corrected chi connectivity index (χ4v) is 11.7. The summed E-state index contributed by atoms with van der Waals surface area (Å²) in [4.78, 5) is 64.9. The number of thiazole rings is 1. The van der Waals surface area contributed by atoms with Crippen LogP contribution in [0.15, 0.2) is 72.5 Å². The number of nitrogens with two attached hydrogens (primary N) is 1. The van der Waals surface area contributed by atoms with Crippen molar-refractivity contribution in [2.45, 2.75) is 128 Å². The zero-order valence-corrected chi connectivity index (χ0v) is 42.2. The molecule has 18 heteroatoms. The number of fused-ring (bicyclic) bond motifs is 2. The number of anilines is 3. The van der Waals surface area contributed by atoms with E-state index in [0.717, 1.165) is 105 Å². The number of nitrogens with one attached hydrogen (secondary N) is 2. The Kier molecular flexibility index (Phi) is 15.1. The Balaban J connectivity index is 0.691. The Morgan fingerprint density at radius 3 is 2.30 bits per heavy atom. The smallest absolute Gasteiger partial charge is 0.246 e. The van der Waals surface area contributed by atoms with Gasteiger partial charge in [0.1, 0.15) is 17.8 Å². The third-order valence-corrected chi connectivity index (χ3v) is 15.8. The highest BCUT2D eigenvalue weighted by Crippen LogP contribution is 2.39. The number of aliphatic hydroxyl groups excluding tert-OH is 1. The van der Waals surface area contributed by atoms with Crippen molar-refractivity contribution in [2.75, 3.05) is 54.8 Å². The molecular formula is C53H68N12O5S. The van der Waals surface area contributed by atoms with Crippen LogP contribution in [0.2, 0.25) is 0 Å². The lowest BCUT2D eigenvalue weighted by Gasteiger charge is -2.42. The molecule has 0 radical (unpaired) electrons. The van der Waals surface area contributed by atoms with Gasteiger partial charge in [0.2, 0.25) is 23.7 Å². The summed E-state index contributed by atoms with van der Waals surface area (Å²) in [7, 11) is 0. The maximum atomic E-state index is 14.1. The third kappa shape index (κ3) is 11.4. The number of nitrogens with zero attached hydrogens (tertiary/aromatic N) is 9. The highest BCUT2D eigenvalue weighted by Gasteiger charge is 2.45. The predicted molar refractivity (Wildman–Crippen MR) is 276 cm³/mol. The second-order valence-corrected chi connectivity index (χ2v) is 21.8. The summed E-state index contributed by atoms with van der Waals surface area (Å²) >= 11 is 1.59. The first kappa shape index (κ1) is 49.7. The SMILES string of the molecule is Cc1ncsc1-c1ccc(CNC(=O)[C@@H]2C[C@@H](O)CN2C(=O)C(NC(=O)CCCCCN2CCC(c3cnc(N4C5CCC4CN(c4cc(-c6ccccc6O)nnc4N)C5)nc3)CC2)C(C)(C)C)cc1. The van der Waals surface area contributed by atoms with Crippen molar-refractivity contribution in [1.29, 1.82) is 0 Å². The van der Waals surface area contributed by atoms with Gasteiger partial charge in [0.25, 0.3) is 0 Å². The third-order valence-electron chi connectivity index (χ3n) is 14.8. The van der Waals surface area contributed by atoms with E-state index in [2.05, 4.69) is 40.5 Å². The van der Waals surface area contributed by atoms with Crippen molar-refractivity contribution in [1.82, 2.24) is 45.6 Å². The Morgan fingerprint density at radius 1 is 0.901 bits per heavy atom. The van der Waals surface area contributed by atoms with Crippen LogP contribution in [0.3, 0.4) is 0 Å². The van der Waals surface area contributed by atoms with Crippen molar-refractivity contribution in [3.8, 4) is 27.4 Å². The highest BCUT2D eigenvalue weighted by atomic mass is 32.1. The van der Waals surface area contributed by atoms with Crippen LogP contribution in [0.5, 0.6) is 5.75 Å². The van der Waals surface area contributed by atoms with Gasteiger partial charge in [-0.2, -0.15) is 0 Å². The number of phenolic OH excluding ortho intramolecular Hbond substituents is 1. The van der Waals surface area contributed by atoms with Gasteiger partial charge in [0.05, 0.1) is 33.6 Å². The monoisotopic (exact) mass is 985 g/mol. The number of amides is 3. The minimum atomic E-state index is -0.851. The number of piperidine rings is 1. The van der Waals surface area contributed by atoms with Crippen LogP contribution in [-0.2, 0) is 20.9 Å². The largest absolute Gasteiger partial charge is 0.507 e. The minimum Gasteiger partial charge on any atom is -0.507 e. The summed E-state index contributed by atoms with van der Waals surface area (Å²) in [6.07, 6.45) is 10.4. The molecule has 0 saturated carbocycles. The Morgan fingerprint density at radius 2 is 1.62 bits per heavy atom. The molecule has 0 aliphatic carbocycles. The van der Waals surface area contributed by atoms with Crippen molar-refractivity contribution in [3.05, 3.63) is 89.3 Å². The number of carbonyl (C=O) groups excluding carboxylic acids is 3. The molecule has 5 aromatic rings. The molecule has 17 nitrogen and oxygen atoms in total. The number of unbranched alkanes of at least 4 members (excludes halogenated alkanes) is 2. The number of hydrogen-bond donors (Lipinski definition) is 5. The van der Waals surface area contributed by atoms with Gasteiger partial charge in [-0.3, -0.25) is 14.4 Å². The van der Waals surface area contributed by atoms with Gasteiger partial charge in [-0.25, -0.2) is 15.0 Å². The van der Waals surface area contributed by atoms with Crippen LogP contribution in [-0.4, -0.2) is 132 Å². The van der Waals surface area contributed by atoms with Crippen LogP contribution in [0.25, 0.3) is 21.7 Å². The van der Waals surface area contributed by atoms with Gasteiger partial charge in [-0.1, -0.05) is 63.6 Å². The summed E-state index contributed by atoms with van der Waals surface area (Å²) in [6.45, 7) is 12.5. The molecule has 376 valence electrons. The molecule has 3 amide bonds. The molecule has 4 fully saturated rings. The number of piperazine rings is 1. The van der Waals surface area contributed by atoms with Crippen LogP contribution < -0.4 is 26.2 Å². The molecule has 6 N–H and O–H groups in total. The second-order valence-electron chi connectivity index (χ2n) is 20.9. The number of aliphatic hydroxyl groups is 1. The van der Waals surface area contributed by atoms with E-state index in [1.807, 2.05) is 88.1 Å². The molecule has 2 aromatic carbocycles. The molecule has 2 bridgehead atoms. The predicted octanol–water partition coefficient (Wildman–Crippen LogP) is 6.06. The fraction of sp³-hybridized carbons (Fsp3) is 0.509. The lowest BCUT2D eigenvalue weighted by molar-refractivity contribution is -0.144. The number of aromatic nitrogens is 5. The molecule has 5 atom stereocenters. The van der Waals surface area contributed by atoms with Gasteiger partial charge in [-0.05, 0) is 111 Å². The Bertz CT molecular complexity index is 2640. The van der Waals surface area contributed by atoms with E-state index in [0.29, 0.717) is 35.8 Å². The van der Waals surface area contributed by atoms with E-state index in [9.17, 15) is 24.6 Å². The summed E-state index contributed by atoms with van der Waals surface area (Å²) in [6, 6.07) is 15.8. The van der Waals surface area contributed by atoms with E-state index >= 15 is 0 Å². The molecule has 71 heavy (non-hydrogen) atoms. The van der Waals surface area contributed by atoms with E-state index in [1.54, 1.807) is 23.5 Å². The number of aromatic hydroxyl groups is 1. The van der Waals surface area contributed by atoms with E-state index in [1.165, 1.54) is 10.5 Å². The van der Waals surface area contributed by atoms with Gasteiger partial charge < -0.3 is 46.2 Å². The van der Waals surface area contributed by atoms with Crippen molar-refractivity contribution < 1.29 is 24.6 Å². The number of hydrogen-bond acceptors (Lipinski definition) is 15. The normalized spacial score (nSPS) is 21.1. The van der Waals surface area contributed by atoms with E-state index in [4.69, 9.17) is 15.7 Å². The number of β-amino-alcohol motifs (C(OH)–C–C–N with tert-alkyl or cyclic N) is 1. The first-order valence-electron chi connectivity index (χ1n) is 25.2. The molecule has 0 spiro atoms. The van der Waals surface area contributed by atoms with Crippen molar-refractivity contribution in [2.24, 2.45) is 5.41 Å². The molecule has 4 aliphatic heterocycles. The Labute approximate surface area is 420 Å². The van der Waals surface area contributed by atoms with Crippen molar-refractivity contribution in [3.63, 3.8) is 0 Å². The lowest BCUT2D eigenvalue weighted by atomic mass is 9.85. The number of nitrogen functional groups attached to an aromatic ring is 1. The van der Waals surface area contributed by atoms with E-state index < -0.39 is 23.6 Å². The Hall–Kier alpha value is -6.24. The van der Waals surface area contributed by atoms with Gasteiger partial charge in [0.15, 0.2) is 5.82 Å². The zero-order chi connectivity index (χ0) is 49.8. The summed E-state index contributed by atoms with van der Waals surface area (Å²) < 4.78 is 0. The average molecular weight is 985 g/mol. The second kappa shape index (κ2) is 21.6. The maximum absolute atomic E-state index is 14.1. The molecule has 3 aromatic heterocycles. The quantitative estimate of drug-likeness (QED) is 0.0711. The standard InChI is InChI=1S/C53H68N12O5S/c1-33-47(71-32-58-33)36-15-13-34(14-16-36)26-55-50(69)44-24-40(66)31-64(44)51(70)48(53(2,3)4)59-46(68)12-6-5-9-21-62-22-19-35(20-23-62)37-27-56-52(57-28-37)65-38-17-18-39(65)30-63(29-38)43-25-42(60-61-49(43)54)41-10-7-8-11-45(41)67/h7-8,10-11,13-16,25,27-28,32,35,38-40,44,48,66-67H,5-6,9,12,17-24,26,29-31H2,1-4H3,(H2,54,61)(H,55,69)(H,59,68)/t38?,39?,40-,44+,48?/m1/s1. The molecule has 4 saturated heterocycles. The van der Waals surface area contributed by atoms with Crippen LogP contribution in [0.4, 0.5) is 17.5 Å². The first-order valence-corrected chi connectivity index (χ1v) is 26.1. The molecule has 3 unspecified atom stereocenters. The maximum Gasteiger partial charge on any atom is 0.246 e. The number of likely N-dealkylation sites (tertiary alicyclic amines) is 2. The fourth-order valence-electron chi connectivity index (χ4n) is 10.9. The molecular weight excluding hydrogens is 917 g/mol.